The number of likely N-dealkylation sites (tertiary alicyclic amines) is 1. The van der Waals surface area contributed by atoms with Crippen molar-refractivity contribution in [3.63, 3.8) is 0 Å². The molecule has 0 bridgehead atoms. The number of benzene rings is 2. The minimum Gasteiger partial charge on any atom is -0.368 e. The number of carbonyl (C=O) groups excluding carboxylic acids is 2. The quantitative estimate of drug-likeness (QED) is 0.459. The van der Waals surface area contributed by atoms with Gasteiger partial charge in [-0.15, -0.1) is 0 Å². The van der Waals surface area contributed by atoms with Crippen molar-refractivity contribution in [2.24, 2.45) is 5.73 Å². The molecule has 3 aromatic rings. The van der Waals surface area contributed by atoms with Gasteiger partial charge in [0.1, 0.15) is 0 Å². The van der Waals surface area contributed by atoms with Crippen molar-refractivity contribution in [2.45, 2.75) is 45.8 Å². The van der Waals surface area contributed by atoms with Crippen molar-refractivity contribution in [2.75, 3.05) is 11.9 Å². The molecule has 0 spiro atoms. The Morgan fingerprint density at radius 2 is 1.83 bits per heavy atom. The molecule has 1 saturated heterocycles. The number of nitrogens with one attached hydrogen (secondary N) is 1. The molecule has 2 aromatic carbocycles. The normalized spacial score (nSPS) is 16.1. The first-order valence-electron chi connectivity index (χ1n) is 11.7. The summed E-state index contributed by atoms with van der Waals surface area (Å²) in [6.45, 7) is 5.83. The number of carbonyl (C=O) groups is 2. The number of hydrogen-bond donors (Lipinski definition) is 2. The van der Waals surface area contributed by atoms with Crippen molar-refractivity contribution >= 4 is 35.2 Å². The predicted octanol–water partition coefficient (Wildman–Crippen LogP) is 4.30. The van der Waals surface area contributed by atoms with Crippen molar-refractivity contribution in [3.8, 4) is 0 Å². The van der Waals surface area contributed by atoms with Crippen molar-refractivity contribution < 1.29 is 9.59 Å². The average Bonchev–Trinajstić information content (AvgIpc) is 3.39. The topological polar surface area (TPSA) is 93.2 Å². The Morgan fingerprint density at radius 3 is 2.57 bits per heavy atom. The molecule has 0 saturated carbocycles. The maximum absolute atomic E-state index is 12.8. The maximum atomic E-state index is 12.8. The van der Waals surface area contributed by atoms with E-state index in [-0.39, 0.29) is 17.9 Å². The molecule has 2 heterocycles. The van der Waals surface area contributed by atoms with Crippen LogP contribution in [-0.2, 0) is 22.7 Å². The second-order valence-corrected chi connectivity index (χ2v) is 9.25. The Morgan fingerprint density at radius 1 is 1.11 bits per heavy atom. The minimum atomic E-state index is -0.298. The summed E-state index contributed by atoms with van der Waals surface area (Å²) in [6.07, 6.45) is 5.03. The highest BCUT2D eigenvalue weighted by molar-refractivity contribution is 6.31. The zero-order chi connectivity index (χ0) is 24.9. The standard InChI is InChI=1S/C27H30ClN5O2/c1-18-22(19(2)33(31-18)17-20-8-3-5-10-23(20)28)13-14-26(34)30-24-11-6-4-9-21(24)16-32-15-7-12-25(32)27(29)35/h3-6,8-11,13-14,25H,7,12,15-17H2,1-2H3,(H2,29,35)(H,30,34)/b14-13+. The van der Waals surface area contributed by atoms with Gasteiger partial charge in [0.25, 0.3) is 0 Å². The lowest BCUT2D eigenvalue weighted by molar-refractivity contribution is -0.122. The van der Waals surface area contributed by atoms with E-state index in [4.69, 9.17) is 17.3 Å². The summed E-state index contributed by atoms with van der Waals surface area (Å²) in [5.74, 6) is -0.532. The minimum absolute atomic E-state index is 0.233. The molecule has 4 rings (SSSR count). The van der Waals surface area contributed by atoms with Gasteiger partial charge < -0.3 is 11.1 Å². The molecule has 1 aliphatic rings. The number of rotatable bonds is 8. The number of halogens is 1. The molecule has 2 amide bonds. The van der Waals surface area contributed by atoms with E-state index in [9.17, 15) is 9.59 Å². The molecule has 1 aliphatic heterocycles. The van der Waals surface area contributed by atoms with Crippen LogP contribution in [0, 0.1) is 13.8 Å². The van der Waals surface area contributed by atoms with E-state index in [1.165, 1.54) is 6.08 Å². The number of nitrogens with zero attached hydrogens (tertiary/aromatic N) is 3. The van der Waals surface area contributed by atoms with Gasteiger partial charge in [0.05, 0.1) is 18.3 Å². The third-order valence-corrected chi connectivity index (χ3v) is 6.83. The zero-order valence-electron chi connectivity index (χ0n) is 20.0. The van der Waals surface area contributed by atoms with Crippen LogP contribution >= 0.6 is 11.6 Å². The van der Waals surface area contributed by atoms with Gasteiger partial charge in [0, 0.05) is 34.6 Å². The van der Waals surface area contributed by atoms with E-state index in [1.54, 1.807) is 6.08 Å². The SMILES string of the molecule is Cc1nn(Cc2ccccc2Cl)c(C)c1/C=C/C(=O)Nc1ccccc1CN1CCCC1C(N)=O. The molecule has 182 valence electrons. The van der Waals surface area contributed by atoms with Crippen LogP contribution in [0.1, 0.15) is 40.9 Å². The fraction of sp³-hybridized carbons (Fsp3) is 0.296. The number of primary amides is 1. The number of aromatic nitrogens is 2. The number of hydrogen-bond acceptors (Lipinski definition) is 4. The number of nitrogens with two attached hydrogens (primary N) is 1. The Kier molecular flexibility index (Phi) is 7.68. The van der Waals surface area contributed by atoms with Crippen molar-refractivity contribution in [1.29, 1.82) is 0 Å². The number of aryl methyl sites for hydroxylation is 1. The first-order valence-corrected chi connectivity index (χ1v) is 12.1. The van der Waals surface area contributed by atoms with Gasteiger partial charge >= 0.3 is 0 Å². The fourth-order valence-corrected chi connectivity index (χ4v) is 4.76. The molecule has 1 aromatic heterocycles. The maximum Gasteiger partial charge on any atom is 0.248 e. The third kappa shape index (κ3) is 5.81. The molecule has 7 nitrogen and oxygen atoms in total. The lowest BCUT2D eigenvalue weighted by atomic mass is 10.1. The summed E-state index contributed by atoms with van der Waals surface area (Å²) in [4.78, 5) is 26.6. The van der Waals surface area contributed by atoms with Gasteiger partial charge in [0.15, 0.2) is 0 Å². The van der Waals surface area contributed by atoms with Crippen LogP contribution in [0.2, 0.25) is 5.02 Å². The Labute approximate surface area is 210 Å². The van der Waals surface area contributed by atoms with Crippen LogP contribution in [0.15, 0.2) is 54.6 Å². The highest BCUT2D eigenvalue weighted by atomic mass is 35.5. The summed E-state index contributed by atoms with van der Waals surface area (Å²) in [5.41, 5.74) is 10.9. The summed E-state index contributed by atoms with van der Waals surface area (Å²) >= 11 is 6.31. The van der Waals surface area contributed by atoms with E-state index >= 15 is 0 Å². The molecule has 1 atom stereocenters. The molecule has 0 aliphatic carbocycles. The van der Waals surface area contributed by atoms with E-state index in [2.05, 4.69) is 15.3 Å². The van der Waals surface area contributed by atoms with Gasteiger partial charge in [-0.3, -0.25) is 19.2 Å². The van der Waals surface area contributed by atoms with E-state index in [1.807, 2.05) is 67.1 Å². The fourth-order valence-electron chi connectivity index (χ4n) is 4.56. The molecule has 0 radical (unpaired) electrons. The highest BCUT2D eigenvalue weighted by Gasteiger charge is 2.29. The van der Waals surface area contributed by atoms with Crippen molar-refractivity contribution in [3.05, 3.63) is 87.7 Å². The van der Waals surface area contributed by atoms with Crippen molar-refractivity contribution in [1.82, 2.24) is 14.7 Å². The van der Waals surface area contributed by atoms with Gasteiger partial charge in [-0.25, -0.2) is 0 Å². The highest BCUT2D eigenvalue weighted by Crippen LogP contribution is 2.24. The van der Waals surface area contributed by atoms with E-state index < -0.39 is 0 Å². The molecule has 35 heavy (non-hydrogen) atoms. The van der Waals surface area contributed by atoms with Crippen LogP contribution in [-0.4, -0.2) is 39.1 Å². The molecule has 3 N–H and O–H groups in total. The van der Waals surface area contributed by atoms with E-state index in [0.717, 1.165) is 53.2 Å². The first-order chi connectivity index (χ1) is 16.8. The zero-order valence-corrected chi connectivity index (χ0v) is 20.8. The van der Waals surface area contributed by atoms with E-state index in [0.29, 0.717) is 18.1 Å². The van der Waals surface area contributed by atoms with Crippen LogP contribution in [0.3, 0.4) is 0 Å². The van der Waals surface area contributed by atoms with Crippen LogP contribution in [0.5, 0.6) is 0 Å². The summed E-state index contributed by atoms with van der Waals surface area (Å²) in [5, 5.41) is 8.31. The van der Waals surface area contributed by atoms with Crippen LogP contribution < -0.4 is 11.1 Å². The monoisotopic (exact) mass is 491 g/mol. The Balaban J connectivity index is 1.46. The average molecular weight is 492 g/mol. The second kappa shape index (κ2) is 10.9. The number of anilines is 1. The van der Waals surface area contributed by atoms with Crippen LogP contribution in [0.25, 0.3) is 6.08 Å². The lowest BCUT2D eigenvalue weighted by Crippen LogP contribution is -2.39. The largest absolute Gasteiger partial charge is 0.368 e. The molecule has 8 heteroatoms. The first kappa shape index (κ1) is 24.7. The lowest BCUT2D eigenvalue weighted by Gasteiger charge is -2.23. The smallest absolute Gasteiger partial charge is 0.248 e. The van der Waals surface area contributed by atoms with Gasteiger partial charge in [-0.1, -0.05) is 48.0 Å². The second-order valence-electron chi connectivity index (χ2n) is 8.84. The Bertz CT molecular complexity index is 1270. The van der Waals surface area contributed by atoms with Gasteiger partial charge in [0.2, 0.25) is 11.8 Å². The van der Waals surface area contributed by atoms with Crippen LogP contribution in [0.4, 0.5) is 5.69 Å². The molecular formula is C27H30ClN5O2. The Hall–Kier alpha value is -3.42. The summed E-state index contributed by atoms with van der Waals surface area (Å²) in [6, 6.07) is 15.1. The van der Waals surface area contributed by atoms with Gasteiger partial charge in [-0.2, -0.15) is 5.10 Å². The molecular weight excluding hydrogens is 462 g/mol. The summed E-state index contributed by atoms with van der Waals surface area (Å²) in [7, 11) is 0. The number of amides is 2. The molecule has 1 fully saturated rings. The predicted molar refractivity (Wildman–Crippen MR) is 139 cm³/mol. The molecule has 1 unspecified atom stereocenters. The third-order valence-electron chi connectivity index (χ3n) is 6.46. The van der Waals surface area contributed by atoms with Gasteiger partial charge in [-0.05, 0) is 62.6 Å². The number of para-hydroxylation sites is 1. The summed E-state index contributed by atoms with van der Waals surface area (Å²) < 4.78 is 1.90.